The molecule has 1 saturated carbocycles. The first-order chi connectivity index (χ1) is 15.1. The minimum absolute atomic E-state index is 0.104. The van der Waals surface area contributed by atoms with Gasteiger partial charge in [-0.15, -0.1) is 0 Å². The number of nitrogens with one attached hydrogen (secondary N) is 1. The molecule has 6 heteroatoms. The van der Waals surface area contributed by atoms with Crippen molar-refractivity contribution in [1.29, 1.82) is 0 Å². The second-order valence-electron chi connectivity index (χ2n) is 9.67. The van der Waals surface area contributed by atoms with E-state index in [4.69, 9.17) is 16.6 Å². The Labute approximate surface area is 188 Å². The summed E-state index contributed by atoms with van der Waals surface area (Å²) < 4.78 is 0. The van der Waals surface area contributed by atoms with Crippen LogP contribution in [-0.2, 0) is 11.8 Å². The first-order valence-electron chi connectivity index (χ1n) is 11.7. The van der Waals surface area contributed by atoms with E-state index in [9.17, 15) is 4.79 Å². The normalized spacial score (nSPS) is 24.9. The maximum Gasteiger partial charge on any atom is 0.254 e. The Morgan fingerprint density at radius 2 is 1.81 bits per heavy atom. The van der Waals surface area contributed by atoms with Gasteiger partial charge in [0.25, 0.3) is 5.56 Å². The Balaban J connectivity index is 1.17. The highest BCUT2D eigenvalue weighted by atomic mass is 35.5. The molecule has 31 heavy (non-hydrogen) atoms. The Morgan fingerprint density at radius 3 is 2.55 bits per heavy atom. The van der Waals surface area contributed by atoms with Gasteiger partial charge in [-0.05, 0) is 74.8 Å². The highest BCUT2D eigenvalue weighted by molar-refractivity contribution is 6.30. The highest BCUT2D eigenvalue weighted by Crippen LogP contribution is 2.54. The molecular formula is C25H29ClN4O. The lowest BCUT2D eigenvalue weighted by atomic mass is 9.84. The van der Waals surface area contributed by atoms with Gasteiger partial charge in [-0.2, -0.15) is 0 Å². The number of anilines is 1. The molecule has 2 heterocycles. The topological polar surface area (TPSA) is 52.2 Å². The number of aromatic nitrogens is 2. The molecule has 4 aliphatic rings. The number of allylic oxidation sites excluding steroid dienone is 1. The zero-order valence-corrected chi connectivity index (χ0v) is 18.6. The van der Waals surface area contributed by atoms with Crippen molar-refractivity contribution in [2.24, 2.45) is 0 Å². The van der Waals surface area contributed by atoms with Gasteiger partial charge in [0.2, 0.25) is 0 Å². The van der Waals surface area contributed by atoms with E-state index in [0.717, 1.165) is 74.0 Å². The summed E-state index contributed by atoms with van der Waals surface area (Å²) in [5.41, 5.74) is 4.89. The van der Waals surface area contributed by atoms with Crippen molar-refractivity contribution in [3.8, 4) is 0 Å². The number of H-pyrrole nitrogens is 1. The molecule has 0 radical (unpaired) electrons. The summed E-state index contributed by atoms with van der Waals surface area (Å²) in [5.74, 6) is 0.833. The SMILES string of the molecule is O=c1[nH]c(C2=C[C@H](N3CCN(c4ccc(Cl)cc4)CC3)CC2)nc2c1CCCC21CC1. The van der Waals surface area contributed by atoms with E-state index in [-0.39, 0.29) is 11.0 Å². The Morgan fingerprint density at radius 1 is 1.03 bits per heavy atom. The van der Waals surface area contributed by atoms with Gasteiger partial charge in [-0.25, -0.2) is 4.98 Å². The molecule has 0 unspecified atom stereocenters. The van der Waals surface area contributed by atoms with Crippen LogP contribution < -0.4 is 10.5 Å². The minimum Gasteiger partial charge on any atom is -0.369 e. The molecule has 2 aromatic rings. The lowest BCUT2D eigenvalue weighted by molar-refractivity contribution is 0.214. The predicted molar refractivity (Wildman–Crippen MR) is 125 cm³/mol. The fraction of sp³-hybridized carbons (Fsp3) is 0.520. The summed E-state index contributed by atoms with van der Waals surface area (Å²) in [6.45, 7) is 4.15. The number of hydrogen-bond acceptors (Lipinski definition) is 4. The zero-order valence-electron chi connectivity index (χ0n) is 17.9. The molecule has 1 spiro atoms. The molecule has 1 aliphatic heterocycles. The third kappa shape index (κ3) is 3.52. The highest BCUT2D eigenvalue weighted by Gasteiger charge is 2.49. The van der Waals surface area contributed by atoms with Crippen molar-refractivity contribution in [3.63, 3.8) is 0 Å². The smallest absolute Gasteiger partial charge is 0.254 e. The fourth-order valence-corrected chi connectivity index (χ4v) is 5.96. The molecule has 1 atom stereocenters. The van der Waals surface area contributed by atoms with Crippen molar-refractivity contribution in [1.82, 2.24) is 14.9 Å². The van der Waals surface area contributed by atoms with Crippen LogP contribution in [0, 0.1) is 0 Å². The van der Waals surface area contributed by atoms with Crippen LogP contribution in [0.25, 0.3) is 5.57 Å². The van der Waals surface area contributed by atoms with E-state index in [1.165, 1.54) is 30.5 Å². The molecule has 0 amide bonds. The Hall–Kier alpha value is -2.11. The maximum atomic E-state index is 12.8. The van der Waals surface area contributed by atoms with Gasteiger partial charge in [0.15, 0.2) is 0 Å². The molecular weight excluding hydrogens is 408 g/mol. The van der Waals surface area contributed by atoms with E-state index in [0.29, 0.717) is 6.04 Å². The molecule has 162 valence electrons. The summed E-state index contributed by atoms with van der Waals surface area (Å²) in [6, 6.07) is 8.59. The Bertz CT molecular complexity index is 1080. The van der Waals surface area contributed by atoms with Crippen molar-refractivity contribution >= 4 is 22.9 Å². The standard InChI is InChI=1S/C25H29ClN4O/c26-18-4-7-19(8-5-18)29-12-14-30(15-13-29)20-6-3-17(16-20)23-27-22-21(24(31)28-23)2-1-9-25(22)10-11-25/h4-5,7-8,16,20H,1-3,6,9-15H2,(H,27,28,31)/t20-/m1/s1. The fourth-order valence-electron chi connectivity index (χ4n) is 5.83. The largest absolute Gasteiger partial charge is 0.369 e. The summed E-state index contributed by atoms with van der Waals surface area (Å²) >= 11 is 6.03. The molecule has 1 aromatic heterocycles. The number of piperazine rings is 1. The first kappa shape index (κ1) is 19.6. The van der Waals surface area contributed by atoms with Gasteiger partial charge in [-0.1, -0.05) is 17.7 Å². The lowest BCUT2D eigenvalue weighted by Gasteiger charge is -2.38. The van der Waals surface area contributed by atoms with Gasteiger partial charge in [0, 0.05) is 53.9 Å². The van der Waals surface area contributed by atoms with Crippen LogP contribution >= 0.6 is 11.6 Å². The molecule has 1 aromatic carbocycles. The average Bonchev–Trinajstić information content (AvgIpc) is 3.38. The van der Waals surface area contributed by atoms with Gasteiger partial charge in [0.05, 0.1) is 5.69 Å². The molecule has 0 bridgehead atoms. The van der Waals surface area contributed by atoms with Gasteiger partial charge >= 0.3 is 0 Å². The van der Waals surface area contributed by atoms with E-state index in [2.05, 4.69) is 33.0 Å². The molecule has 1 N–H and O–H groups in total. The van der Waals surface area contributed by atoms with Crippen LogP contribution in [0.15, 0.2) is 35.1 Å². The second kappa shape index (κ2) is 7.49. The van der Waals surface area contributed by atoms with Crippen LogP contribution in [-0.4, -0.2) is 47.1 Å². The monoisotopic (exact) mass is 436 g/mol. The summed E-state index contributed by atoms with van der Waals surface area (Å²) in [7, 11) is 0. The van der Waals surface area contributed by atoms with E-state index in [1.807, 2.05) is 12.1 Å². The zero-order chi connectivity index (χ0) is 21.0. The summed E-state index contributed by atoms with van der Waals surface area (Å²) in [5, 5.41) is 0.785. The molecule has 6 rings (SSSR count). The number of hydrogen-bond donors (Lipinski definition) is 1. The number of rotatable bonds is 3. The number of nitrogens with zero attached hydrogens (tertiary/aromatic N) is 3. The lowest BCUT2D eigenvalue weighted by Crippen LogP contribution is -2.49. The summed E-state index contributed by atoms with van der Waals surface area (Å²) in [4.78, 5) is 26.0. The van der Waals surface area contributed by atoms with Crippen molar-refractivity contribution in [2.45, 2.75) is 56.4 Å². The van der Waals surface area contributed by atoms with Crippen LogP contribution in [0.3, 0.4) is 0 Å². The van der Waals surface area contributed by atoms with E-state index < -0.39 is 0 Å². The van der Waals surface area contributed by atoms with Crippen LogP contribution in [0.2, 0.25) is 5.02 Å². The number of benzene rings is 1. The van der Waals surface area contributed by atoms with E-state index >= 15 is 0 Å². The number of aromatic amines is 1. The molecule has 1 saturated heterocycles. The molecule has 5 nitrogen and oxygen atoms in total. The van der Waals surface area contributed by atoms with Crippen LogP contribution in [0.5, 0.6) is 0 Å². The van der Waals surface area contributed by atoms with Crippen LogP contribution in [0.1, 0.15) is 55.6 Å². The van der Waals surface area contributed by atoms with E-state index in [1.54, 1.807) is 0 Å². The maximum absolute atomic E-state index is 12.8. The van der Waals surface area contributed by atoms with Crippen molar-refractivity contribution in [2.75, 3.05) is 31.1 Å². The van der Waals surface area contributed by atoms with Crippen LogP contribution in [0.4, 0.5) is 5.69 Å². The quantitative estimate of drug-likeness (QED) is 0.784. The first-order valence-corrected chi connectivity index (χ1v) is 12.1. The average molecular weight is 437 g/mol. The third-order valence-electron chi connectivity index (χ3n) is 7.84. The molecule has 3 aliphatic carbocycles. The van der Waals surface area contributed by atoms with Crippen molar-refractivity contribution < 1.29 is 0 Å². The number of fused-ring (bicyclic) bond motifs is 2. The summed E-state index contributed by atoms with van der Waals surface area (Å²) in [6.07, 6.45) is 10.1. The number of halogens is 1. The second-order valence-corrected chi connectivity index (χ2v) is 10.1. The van der Waals surface area contributed by atoms with Gasteiger partial charge in [0.1, 0.15) is 5.82 Å². The van der Waals surface area contributed by atoms with Gasteiger partial charge < -0.3 is 9.88 Å². The third-order valence-corrected chi connectivity index (χ3v) is 8.09. The molecule has 2 fully saturated rings. The van der Waals surface area contributed by atoms with Crippen molar-refractivity contribution in [3.05, 3.63) is 62.8 Å². The minimum atomic E-state index is 0.104. The Kier molecular flexibility index (Phi) is 4.73. The predicted octanol–water partition coefficient (Wildman–Crippen LogP) is 4.16. The van der Waals surface area contributed by atoms with Gasteiger partial charge in [-0.3, -0.25) is 9.69 Å².